The average Bonchev–Trinajstić information content (AvgIpc) is 3.36. The Morgan fingerprint density at radius 1 is 1.23 bits per heavy atom. The van der Waals surface area contributed by atoms with Gasteiger partial charge in [-0.15, -0.1) is 0 Å². The van der Waals surface area contributed by atoms with Gasteiger partial charge in [-0.2, -0.15) is 0 Å². The number of hydrogen-bond acceptors (Lipinski definition) is 3. The summed E-state index contributed by atoms with van der Waals surface area (Å²) in [6.07, 6.45) is 3.16. The van der Waals surface area contributed by atoms with Gasteiger partial charge >= 0.3 is 5.97 Å². The van der Waals surface area contributed by atoms with Crippen LogP contribution in [0.25, 0.3) is 0 Å². The maximum atomic E-state index is 13.2. The van der Waals surface area contributed by atoms with E-state index in [1.165, 1.54) is 11.8 Å². The first-order valence-electron chi connectivity index (χ1n) is 9.05. The molecule has 2 aromatic rings. The van der Waals surface area contributed by atoms with Crippen molar-refractivity contribution < 1.29 is 19.1 Å². The Morgan fingerprint density at radius 2 is 1.88 bits per heavy atom. The standard InChI is InChI=1S/C21H25NO4/c1-13(2)16-6-4-15(5-7-16)11-22(17-8-9-17)21(25)20-14(3)12-26-18(20)10-19(23)24/h4-7,12-13,17H,8-11H2,1-3H3,(H,23,24). The smallest absolute Gasteiger partial charge is 0.311 e. The normalized spacial score (nSPS) is 13.8. The third kappa shape index (κ3) is 3.98. The van der Waals surface area contributed by atoms with Crippen molar-refractivity contribution >= 4 is 11.9 Å². The second-order valence-electron chi connectivity index (χ2n) is 7.35. The van der Waals surface area contributed by atoms with Gasteiger partial charge in [0.05, 0.1) is 11.8 Å². The van der Waals surface area contributed by atoms with Crippen molar-refractivity contribution in [3.63, 3.8) is 0 Å². The molecule has 1 amide bonds. The molecule has 26 heavy (non-hydrogen) atoms. The molecule has 1 aromatic carbocycles. The molecule has 1 N–H and O–H groups in total. The highest BCUT2D eigenvalue weighted by Crippen LogP contribution is 2.32. The van der Waals surface area contributed by atoms with Crippen LogP contribution in [0.1, 0.15) is 65.4 Å². The van der Waals surface area contributed by atoms with Gasteiger partial charge in [-0.05, 0) is 36.8 Å². The lowest BCUT2D eigenvalue weighted by atomic mass is 10.0. The summed E-state index contributed by atoms with van der Waals surface area (Å²) in [7, 11) is 0. The van der Waals surface area contributed by atoms with Crippen LogP contribution in [0.3, 0.4) is 0 Å². The van der Waals surface area contributed by atoms with E-state index >= 15 is 0 Å². The van der Waals surface area contributed by atoms with Crippen LogP contribution in [-0.2, 0) is 17.8 Å². The molecule has 5 nitrogen and oxygen atoms in total. The first-order valence-corrected chi connectivity index (χ1v) is 9.05. The van der Waals surface area contributed by atoms with E-state index in [1.807, 2.05) is 4.90 Å². The molecule has 0 bridgehead atoms. The molecular formula is C21H25NO4. The summed E-state index contributed by atoms with van der Waals surface area (Å²) in [5, 5.41) is 9.06. The molecule has 1 aliphatic carbocycles. The van der Waals surface area contributed by atoms with E-state index in [4.69, 9.17) is 9.52 Å². The van der Waals surface area contributed by atoms with Crippen molar-refractivity contribution in [2.45, 2.75) is 58.5 Å². The highest BCUT2D eigenvalue weighted by molar-refractivity contribution is 5.97. The second-order valence-corrected chi connectivity index (χ2v) is 7.35. The fourth-order valence-corrected chi connectivity index (χ4v) is 3.15. The molecule has 1 aliphatic rings. The van der Waals surface area contributed by atoms with Crippen molar-refractivity contribution in [1.29, 1.82) is 0 Å². The largest absolute Gasteiger partial charge is 0.481 e. The summed E-state index contributed by atoms with van der Waals surface area (Å²) in [5.41, 5.74) is 3.44. The Morgan fingerprint density at radius 3 is 2.42 bits per heavy atom. The predicted molar refractivity (Wildman–Crippen MR) is 98.2 cm³/mol. The van der Waals surface area contributed by atoms with E-state index in [9.17, 15) is 9.59 Å². The molecule has 0 radical (unpaired) electrons. The molecular weight excluding hydrogens is 330 g/mol. The zero-order valence-corrected chi connectivity index (χ0v) is 15.5. The molecule has 0 aliphatic heterocycles. The summed E-state index contributed by atoms with van der Waals surface area (Å²) >= 11 is 0. The summed E-state index contributed by atoms with van der Waals surface area (Å²) in [5.74, 6) is -0.434. The van der Waals surface area contributed by atoms with Gasteiger partial charge < -0.3 is 14.4 Å². The second kappa shape index (κ2) is 7.36. The van der Waals surface area contributed by atoms with Crippen molar-refractivity contribution in [2.75, 3.05) is 0 Å². The SMILES string of the molecule is Cc1coc(CC(=O)O)c1C(=O)N(Cc1ccc(C(C)C)cc1)C1CC1. The molecule has 3 rings (SSSR count). The topological polar surface area (TPSA) is 70.7 Å². The number of carboxylic acid groups (broad SMARTS) is 1. The molecule has 0 saturated heterocycles. The molecule has 0 unspecified atom stereocenters. The summed E-state index contributed by atoms with van der Waals surface area (Å²) in [6.45, 7) is 6.62. The maximum Gasteiger partial charge on any atom is 0.311 e. The molecule has 1 saturated carbocycles. The Labute approximate surface area is 153 Å². The first-order chi connectivity index (χ1) is 12.4. The minimum Gasteiger partial charge on any atom is -0.481 e. The number of furan rings is 1. The van der Waals surface area contributed by atoms with Crippen molar-refractivity contribution in [2.24, 2.45) is 0 Å². The highest BCUT2D eigenvalue weighted by atomic mass is 16.4. The van der Waals surface area contributed by atoms with Gasteiger partial charge in [0, 0.05) is 18.2 Å². The van der Waals surface area contributed by atoms with Crippen LogP contribution in [0.4, 0.5) is 0 Å². The average molecular weight is 355 g/mol. The van der Waals surface area contributed by atoms with Gasteiger partial charge in [0.2, 0.25) is 0 Å². The fraction of sp³-hybridized carbons (Fsp3) is 0.429. The van der Waals surface area contributed by atoms with Crippen molar-refractivity contribution in [3.05, 3.63) is 58.5 Å². The van der Waals surface area contributed by atoms with Crippen LogP contribution in [0.2, 0.25) is 0 Å². The van der Waals surface area contributed by atoms with Gasteiger partial charge in [0.25, 0.3) is 5.91 Å². The van der Waals surface area contributed by atoms with Crippen molar-refractivity contribution in [1.82, 2.24) is 4.90 Å². The number of nitrogens with zero attached hydrogens (tertiary/aromatic N) is 1. The zero-order chi connectivity index (χ0) is 18.8. The van der Waals surface area contributed by atoms with Crippen LogP contribution < -0.4 is 0 Å². The molecule has 1 aromatic heterocycles. The molecule has 0 spiro atoms. The Hall–Kier alpha value is -2.56. The number of aryl methyl sites for hydroxylation is 1. The van der Waals surface area contributed by atoms with Crippen LogP contribution in [0.15, 0.2) is 34.9 Å². The van der Waals surface area contributed by atoms with E-state index in [-0.39, 0.29) is 24.1 Å². The van der Waals surface area contributed by atoms with E-state index in [1.54, 1.807) is 6.92 Å². The summed E-state index contributed by atoms with van der Waals surface area (Å²) in [6, 6.07) is 8.57. The van der Waals surface area contributed by atoms with Crippen molar-refractivity contribution in [3.8, 4) is 0 Å². The quantitative estimate of drug-likeness (QED) is 0.810. The lowest BCUT2D eigenvalue weighted by molar-refractivity contribution is -0.136. The third-order valence-corrected chi connectivity index (χ3v) is 4.82. The van der Waals surface area contributed by atoms with Crippen LogP contribution in [-0.4, -0.2) is 27.9 Å². The lowest BCUT2D eigenvalue weighted by Gasteiger charge is -2.23. The van der Waals surface area contributed by atoms with Gasteiger partial charge in [-0.1, -0.05) is 38.1 Å². The number of carbonyl (C=O) groups is 2. The van der Waals surface area contributed by atoms with Gasteiger partial charge in [-0.25, -0.2) is 0 Å². The molecule has 1 fully saturated rings. The summed E-state index contributed by atoms with van der Waals surface area (Å²) in [4.78, 5) is 26.1. The predicted octanol–water partition coefficient (Wildman–Crippen LogP) is 4.14. The number of rotatable bonds is 7. The fourth-order valence-electron chi connectivity index (χ4n) is 3.15. The molecule has 1 heterocycles. The molecule has 5 heteroatoms. The monoisotopic (exact) mass is 355 g/mol. The minimum atomic E-state index is -1.00. The van der Waals surface area contributed by atoms with Crippen LogP contribution in [0.5, 0.6) is 0 Å². The van der Waals surface area contributed by atoms with Gasteiger partial charge in [-0.3, -0.25) is 9.59 Å². The Bertz CT molecular complexity index is 800. The zero-order valence-electron chi connectivity index (χ0n) is 15.5. The summed E-state index contributed by atoms with van der Waals surface area (Å²) < 4.78 is 5.34. The number of benzene rings is 1. The Kier molecular flexibility index (Phi) is 5.16. The number of aliphatic carboxylic acids is 1. The number of carboxylic acids is 1. The van der Waals surface area contributed by atoms with E-state index in [0.717, 1.165) is 18.4 Å². The number of amides is 1. The first kappa shape index (κ1) is 18.2. The number of carbonyl (C=O) groups excluding carboxylic acids is 1. The Balaban J connectivity index is 1.83. The van der Waals surface area contributed by atoms with Crippen LogP contribution in [0, 0.1) is 6.92 Å². The lowest BCUT2D eigenvalue weighted by Crippen LogP contribution is -2.33. The van der Waals surface area contributed by atoms with E-state index in [0.29, 0.717) is 23.6 Å². The molecule has 138 valence electrons. The van der Waals surface area contributed by atoms with E-state index in [2.05, 4.69) is 38.1 Å². The molecule has 0 atom stereocenters. The maximum absolute atomic E-state index is 13.2. The van der Waals surface area contributed by atoms with Gasteiger partial charge in [0.1, 0.15) is 12.2 Å². The highest BCUT2D eigenvalue weighted by Gasteiger charge is 2.35. The number of hydrogen-bond donors (Lipinski definition) is 1. The third-order valence-electron chi connectivity index (χ3n) is 4.82. The van der Waals surface area contributed by atoms with Gasteiger partial charge in [0.15, 0.2) is 0 Å². The minimum absolute atomic E-state index is 0.136. The van der Waals surface area contributed by atoms with Crippen LogP contribution >= 0.6 is 0 Å². The van der Waals surface area contributed by atoms with E-state index < -0.39 is 5.97 Å².